The minimum atomic E-state index is -0.429. The van der Waals surface area contributed by atoms with E-state index in [9.17, 15) is 9.59 Å². The Labute approximate surface area is 171 Å². The van der Waals surface area contributed by atoms with Gasteiger partial charge in [0.05, 0.1) is 6.04 Å². The van der Waals surface area contributed by atoms with Crippen molar-refractivity contribution in [2.75, 3.05) is 20.6 Å². The van der Waals surface area contributed by atoms with Gasteiger partial charge >= 0.3 is 0 Å². The van der Waals surface area contributed by atoms with Gasteiger partial charge in [-0.3, -0.25) is 9.59 Å². The lowest BCUT2D eigenvalue weighted by Gasteiger charge is -2.28. The van der Waals surface area contributed by atoms with Gasteiger partial charge in [-0.15, -0.1) is 0 Å². The Balaban J connectivity index is 1.67. The molecule has 2 unspecified atom stereocenters. The van der Waals surface area contributed by atoms with Crippen LogP contribution in [-0.2, 0) is 16.1 Å². The number of likely N-dealkylation sites (N-methyl/N-ethyl adjacent to an activating group) is 1. The number of nitrogens with zero attached hydrogens (tertiary/aromatic N) is 2. The zero-order valence-electron chi connectivity index (χ0n) is 16.3. The van der Waals surface area contributed by atoms with E-state index in [0.717, 1.165) is 11.1 Å². The molecule has 2 aromatic rings. The maximum Gasteiger partial charge on any atom is 0.242 e. The van der Waals surface area contributed by atoms with Crippen LogP contribution in [0.15, 0.2) is 54.6 Å². The number of benzene rings is 2. The summed E-state index contributed by atoms with van der Waals surface area (Å²) in [6, 6.07) is 17.0. The number of rotatable bonds is 7. The summed E-state index contributed by atoms with van der Waals surface area (Å²) >= 11 is 6.35. The predicted molar refractivity (Wildman–Crippen MR) is 111 cm³/mol. The molecule has 28 heavy (non-hydrogen) atoms. The predicted octanol–water partition coefficient (Wildman–Crippen LogP) is 3.25. The molecule has 1 aliphatic rings. The van der Waals surface area contributed by atoms with Crippen LogP contribution in [0.25, 0.3) is 0 Å². The highest BCUT2D eigenvalue weighted by Crippen LogP contribution is 2.26. The van der Waals surface area contributed by atoms with Crippen LogP contribution >= 0.6 is 11.6 Å². The summed E-state index contributed by atoms with van der Waals surface area (Å²) in [7, 11) is 3.92. The van der Waals surface area contributed by atoms with Gasteiger partial charge in [-0.2, -0.15) is 0 Å². The molecule has 0 bridgehead atoms. The van der Waals surface area contributed by atoms with Gasteiger partial charge in [-0.1, -0.05) is 60.1 Å². The van der Waals surface area contributed by atoms with Gasteiger partial charge < -0.3 is 15.1 Å². The maximum atomic E-state index is 12.9. The second-order valence-corrected chi connectivity index (χ2v) is 7.71. The fourth-order valence-electron chi connectivity index (χ4n) is 3.62. The van der Waals surface area contributed by atoms with Crippen molar-refractivity contribution in [1.82, 2.24) is 15.1 Å². The van der Waals surface area contributed by atoms with Gasteiger partial charge in [-0.05, 0) is 37.7 Å². The Morgan fingerprint density at radius 3 is 2.54 bits per heavy atom. The molecule has 3 rings (SSSR count). The van der Waals surface area contributed by atoms with Crippen LogP contribution in [-0.4, -0.2) is 48.3 Å². The minimum absolute atomic E-state index is 0.0271. The number of amides is 2. The molecule has 2 atom stereocenters. The number of carbonyl (C=O) groups excluding carboxylic acids is 2. The molecule has 148 valence electrons. The van der Waals surface area contributed by atoms with Crippen molar-refractivity contribution in [2.24, 2.45) is 0 Å². The summed E-state index contributed by atoms with van der Waals surface area (Å²) in [5.74, 6) is -0.0834. The lowest BCUT2D eigenvalue weighted by atomic mass is 10.1. The number of carbonyl (C=O) groups is 2. The zero-order valence-corrected chi connectivity index (χ0v) is 17.0. The van der Waals surface area contributed by atoms with Crippen LogP contribution < -0.4 is 5.32 Å². The van der Waals surface area contributed by atoms with E-state index in [4.69, 9.17) is 11.6 Å². The van der Waals surface area contributed by atoms with E-state index in [1.807, 2.05) is 73.6 Å². The van der Waals surface area contributed by atoms with E-state index in [0.29, 0.717) is 31.0 Å². The molecule has 0 aromatic heterocycles. The SMILES string of the molecule is CN(C)C(CNC(=O)C1CCC(=O)N1Cc1ccccc1)c1ccccc1Cl. The molecule has 1 fully saturated rings. The molecular weight excluding hydrogens is 374 g/mol. The smallest absolute Gasteiger partial charge is 0.242 e. The molecule has 2 amide bonds. The van der Waals surface area contributed by atoms with Crippen LogP contribution in [0, 0.1) is 0 Å². The number of hydrogen-bond donors (Lipinski definition) is 1. The van der Waals surface area contributed by atoms with Crippen LogP contribution in [0.2, 0.25) is 5.02 Å². The van der Waals surface area contributed by atoms with Crippen molar-refractivity contribution in [3.05, 3.63) is 70.7 Å². The minimum Gasteiger partial charge on any atom is -0.352 e. The number of likely N-dealkylation sites (tertiary alicyclic amines) is 1. The van der Waals surface area contributed by atoms with Gasteiger partial charge in [0.2, 0.25) is 11.8 Å². The summed E-state index contributed by atoms with van der Waals surface area (Å²) in [6.07, 6.45) is 0.961. The van der Waals surface area contributed by atoms with Crippen molar-refractivity contribution in [3.8, 4) is 0 Å². The molecule has 2 aromatic carbocycles. The molecule has 0 spiro atoms. The number of nitrogens with one attached hydrogen (secondary N) is 1. The molecule has 1 saturated heterocycles. The van der Waals surface area contributed by atoms with Crippen molar-refractivity contribution in [1.29, 1.82) is 0 Å². The second kappa shape index (κ2) is 9.22. The third-order valence-corrected chi connectivity index (χ3v) is 5.53. The molecule has 5 nitrogen and oxygen atoms in total. The third kappa shape index (κ3) is 4.72. The largest absolute Gasteiger partial charge is 0.352 e. The Bertz CT molecular complexity index is 826. The fourth-order valence-corrected chi connectivity index (χ4v) is 3.88. The van der Waals surface area contributed by atoms with Crippen LogP contribution in [0.1, 0.15) is 30.0 Å². The Morgan fingerprint density at radius 1 is 1.18 bits per heavy atom. The highest BCUT2D eigenvalue weighted by molar-refractivity contribution is 6.31. The third-order valence-electron chi connectivity index (χ3n) is 5.18. The van der Waals surface area contributed by atoms with E-state index in [1.165, 1.54) is 0 Å². The topological polar surface area (TPSA) is 52.7 Å². The second-order valence-electron chi connectivity index (χ2n) is 7.31. The maximum absolute atomic E-state index is 12.9. The average molecular weight is 400 g/mol. The quantitative estimate of drug-likeness (QED) is 0.777. The molecular formula is C22H26ClN3O2. The lowest BCUT2D eigenvalue weighted by molar-refractivity contribution is -0.135. The molecule has 0 saturated carbocycles. The first kappa shape index (κ1) is 20.4. The zero-order chi connectivity index (χ0) is 20.1. The Hall–Kier alpha value is -2.37. The lowest BCUT2D eigenvalue weighted by Crippen LogP contribution is -2.46. The molecule has 0 aliphatic carbocycles. The number of halogens is 1. The van der Waals surface area contributed by atoms with E-state index < -0.39 is 6.04 Å². The summed E-state index contributed by atoms with van der Waals surface area (Å²) in [5, 5.41) is 3.71. The van der Waals surface area contributed by atoms with E-state index in [2.05, 4.69) is 5.32 Å². The fraction of sp³-hybridized carbons (Fsp3) is 0.364. The number of hydrogen-bond acceptors (Lipinski definition) is 3. The monoisotopic (exact) mass is 399 g/mol. The van der Waals surface area contributed by atoms with Crippen molar-refractivity contribution >= 4 is 23.4 Å². The van der Waals surface area contributed by atoms with Gasteiger partial charge in [0.25, 0.3) is 0 Å². The van der Waals surface area contributed by atoms with E-state index in [-0.39, 0.29) is 17.9 Å². The molecule has 1 N–H and O–H groups in total. The molecule has 0 radical (unpaired) electrons. The van der Waals surface area contributed by atoms with Gasteiger partial charge in [0, 0.05) is 24.5 Å². The van der Waals surface area contributed by atoms with Crippen LogP contribution in [0.5, 0.6) is 0 Å². The first-order chi connectivity index (χ1) is 13.5. The van der Waals surface area contributed by atoms with Crippen LogP contribution in [0.4, 0.5) is 0 Å². The van der Waals surface area contributed by atoms with Crippen LogP contribution in [0.3, 0.4) is 0 Å². The van der Waals surface area contributed by atoms with Crippen molar-refractivity contribution < 1.29 is 9.59 Å². The highest BCUT2D eigenvalue weighted by atomic mass is 35.5. The standard InChI is InChI=1S/C22H26ClN3O2/c1-25(2)20(17-10-6-7-11-18(17)23)14-24-22(28)19-12-13-21(27)26(19)15-16-8-4-3-5-9-16/h3-11,19-20H,12-15H2,1-2H3,(H,24,28). The van der Waals surface area contributed by atoms with Crippen molar-refractivity contribution in [3.63, 3.8) is 0 Å². The van der Waals surface area contributed by atoms with E-state index >= 15 is 0 Å². The van der Waals surface area contributed by atoms with Crippen molar-refractivity contribution in [2.45, 2.75) is 31.5 Å². The summed E-state index contributed by atoms with van der Waals surface area (Å²) in [5.41, 5.74) is 2.00. The Morgan fingerprint density at radius 2 is 1.86 bits per heavy atom. The summed E-state index contributed by atoms with van der Waals surface area (Å²) in [6.45, 7) is 0.888. The van der Waals surface area contributed by atoms with E-state index in [1.54, 1.807) is 4.90 Å². The summed E-state index contributed by atoms with van der Waals surface area (Å²) < 4.78 is 0. The van der Waals surface area contributed by atoms with Gasteiger partial charge in [0.15, 0.2) is 0 Å². The highest BCUT2D eigenvalue weighted by Gasteiger charge is 2.36. The molecule has 6 heteroatoms. The average Bonchev–Trinajstić information content (AvgIpc) is 3.04. The van der Waals surface area contributed by atoms with Gasteiger partial charge in [-0.25, -0.2) is 0 Å². The molecule has 1 aliphatic heterocycles. The van der Waals surface area contributed by atoms with Gasteiger partial charge in [0.1, 0.15) is 6.04 Å². The first-order valence-electron chi connectivity index (χ1n) is 9.49. The normalized spacial score (nSPS) is 17.8. The first-order valence-corrected chi connectivity index (χ1v) is 9.87. The summed E-state index contributed by atoms with van der Waals surface area (Å²) in [4.78, 5) is 28.9. The Kier molecular flexibility index (Phi) is 6.70. The molecule has 1 heterocycles.